The summed E-state index contributed by atoms with van der Waals surface area (Å²) < 4.78 is 11.2. The van der Waals surface area contributed by atoms with Crippen LogP contribution in [0.3, 0.4) is 0 Å². The molecule has 2 heterocycles. The van der Waals surface area contributed by atoms with E-state index in [0.717, 1.165) is 17.1 Å². The van der Waals surface area contributed by atoms with Gasteiger partial charge in [-0.05, 0) is 24.3 Å². The Balaban J connectivity index is 1.89. The number of pyridine rings is 1. The zero-order valence-electron chi connectivity index (χ0n) is 11.1. The fraction of sp³-hybridized carbons (Fsp3) is 0.200. The second-order valence-corrected chi connectivity index (χ2v) is 5.55. The molecule has 21 heavy (non-hydrogen) atoms. The highest BCUT2D eigenvalue weighted by Gasteiger charge is 2.14. The van der Waals surface area contributed by atoms with Crippen molar-refractivity contribution in [3.8, 4) is 11.5 Å². The summed E-state index contributed by atoms with van der Waals surface area (Å²) in [4.78, 5) is 16.7. The summed E-state index contributed by atoms with van der Waals surface area (Å²) in [7, 11) is 0. The summed E-state index contributed by atoms with van der Waals surface area (Å²) in [5.74, 6) is 0.453. The van der Waals surface area contributed by atoms with Crippen LogP contribution in [0.1, 0.15) is 16.8 Å². The number of nitrogens with zero attached hydrogens (tertiary/aromatic N) is 1. The first kappa shape index (κ1) is 13.8. The third kappa shape index (κ3) is 3.11. The van der Waals surface area contributed by atoms with Gasteiger partial charge in [0.25, 0.3) is 0 Å². The van der Waals surface area contributed by atoms with Crippen LogP contribution in [-0.2, 0) is 0 Å². The van der Waals surface area contributed by atoms with Gasteiger partial charge in [0, 0.05) is 28.6 Å². The van der Waals surface area contributed by atoms with Gasteiger partial charge < -0.3 is 14.6 Å². The maximum Gasteiger partial charge on any atom is 0.336 e. The fourth-order valence-corrected chi connectivity index (χ4v) is 2.91. The van der Waals surface area contributed by atoms with Gasteiger partial charge in [0.1, 0.15) is 0 Å². The van der Waals surface area contributed by atoms with Crippen LogP contribution in [0.2, 0.25) is 0 Å². The largest absolute Gasteiger partial charge is 0.490 e. The van der Waals surface area contributed by atoms with Gasteiger partial charge in [-0.2, -0.15) is 0 Å². The number of benzene rings is 1. The van der Waals surface area contributed by atoms with Gasteiger partial charge in [0.15, 0.2) is 11.5 Å². The van der Waals surface area contributed by atoms with Crippen molar-refractivity contribution in [3.05, 3.63) is 42.2 Å². The number of aromatic carboxylic acids is 1. The normalized spacial score (nSPS) is 13.5. The van der Waals surface area contributed by atoms with Crippen molar-refractivity contribution in [2.24, 2.45) is 0 Å². The Labute approximate surface area is 125 Å². The molecule has 0 amide bonds. The molecule has 0 saturated carbocycles. The minimum absolute atomic E-state index is 0.238. The molecule has 6 heteroatoms. The molecule has 2 aromatic rings. The van der Waals surface area contributed by atoms with E-state index in [1.54, 1.807) is 6.20 Å². The number of aromatic nitrogens is 1. The summed E-state index contributed by atoms with van der Waals surface area (Å²) in [6.07, 6.45) is 3.88. The Morgan fingerprint density at radius 1 is 1.19 bits per heavy atom. The number of fused-ring (bicyclic) bond motifs is 1. The van der Waals surface area contributed by atoms with E-state index in [1.165, 1.54) is 24.0 Å². The van der Waals surface area contributed by atoms with Crippen LogP contribution >= 0.6 is 11.8 Å². The molecule has 5 nitrogen and oxygen atoms in total. The lowest BCUT2D eigenvalue weighted by molar-refractivity contribution is 0.0693. The lowest BCUT2D eigenvalue weighted by Gasteiger charge is -2.10. The number of hydrogen-bond acceptors (Lipinski definition) is 5. The highest BCUT2D eigenvalue weighted by atomic mass is 32.2. The van der Waals surface area contributed by atoms with E-state index in [0.29, 0.717) is 23.9 Å². The third-order valence-electron chi connectivity index (χ3n) is 2.96. The molecule has 1 aromatic heterocycles. The second-order valence-electron chi connectivity index (χ2n) is 4.44. The fourth-order valence-electron chi connectivity index (χ4n) is 1.97. The zero-order chi connectivity index (χ0) is 14.7. The first-order chi connectivity index (χ1) is 10.2. The molecule has 3 rings (SSSR count). The summed E-state index contributed by atoms with van der Waals surface area (Å²) in [5.41, 5.74) is 0.238. The molecular formula is C15H13NO4S. The molecule has 0 atom stereocenters. The molecule has 0 fully saturated rings. The lowest BCUT2D eigenvalue weighted by atomic mass is 10.3. The van der Waals surface area contributed by atoms with Gasteiger partial charge in [-0.1, -0.05) is 11.8 Å². The Kier molecular flexibility index (Phi) is 3.96. The molecule has 108 valence electrons. The molecule has 0 spiro atoms. The predicted molar refractivity (Wildman–Crippen MR) is 77.4 cm³/mol. The van der Waals surface area contributed by atoms with E-state index in [-0.39, 0.29) is 5.56 Å². The van der Waals surface area contributed by atoms with Crippen LogP contribution in [0, 0.1) is 0 Å². The van der Waals surface area contributed by atoms with Crippen molar-refractivity contribution < 1.29 is 19.4 Å². The van der Waals surface area contributed by atoms with Crippen molar-refractivity contribution in [3.63, 3.8) is 0 Å². The van der Waals surface area contributed by atoms with Crippen LogP contribution in [0.25, 0.3) is 0 Å². The third-order valence-corrected chi connectivity index (χ3v) is 4.00. The monoisotopic (exact) mass is 303 g/mol. The van der Waals surface area contributed by atoms with Gasteiger partial charge in [-0.15, -0.1) is 0 Å². The van der Waals surface area contributed by atoms with Crippen LogP contribution in [0.15, 0.2) is 46.5 Å². The van der Waals surface area contributed by atoms with Crippen molar-refractivity contribution >= 4 is 17.7 Å². The highest BCUT2D eigenvalue weighted by molar-refractivity contribution is 7.99. The Hall–Kier alpha value is -2.21. The van der Waals surface area contributed by atoms with Gasteiger partial charge in [0.2, 0.25) is 0 Å². The van der Waals surface area contributed by atoms with Crippen molar-refractivity contribution in [2.75, 3.05) is 13.2 Å². The number of carboxylic acids is 1. The number of hydrogen-bond donors (Lipinski definition) is 1. The van der Waals surface area contributed by atoms with Crippen LogP contribution in [0.4, 0.5) is 0 Å². The van der Waals surface area contributed by atoms with Crippen molar-refractivity contribution in [1.82, 2.24) is 4.98 Å². The van der Waals surface area contributed by atoms with E-state index in [4.69, 9.17) is 9.47 Å². The first-order valence-electron chi connectivity index (χ1n) is 6.49. The Morgan fingerprint density at radius 3 is 2.81 bits per heavy atom. The van der Waals surface area contributed by atoms with E-state index in [9.17, 15) is 9.90 Å². The van der Waals surface area contributed by atoms with Gasteiger partial charge >= 0.3 is 5.97 Å². The quantitative estimate of drug-likeness (QED) is 0.939. The molecule has 0 radical (unpaired) electrons. The molecule has 1 aromatic carbocycles. The minimum Gasteiger partial charge on any atom is -0.490 e. The number of carbonyl (C=O) groups is 1. The summed E-state index contributed by atoms with van der Waals surface area (Å²) in [6.45, 7) is 1.26. The number of rotatable bonds is 3. The van der Waals surface area contributed by atoms with Gasteiger partial charge in [-0.3, -0.25) is 4.98 Å². The molecular weight excluding hydrogens is 290 g/mol. The molecule has 0 aliphatic carbocycles. The average molecular weight is 303 g/mol. The summed E-state index contributed by atoms with van der Waals surface area (Å²) in [6, 6.07) is 7.09. The van der Waals surface area contributed by atoms with E-state index >= 15 is 0 Å². The van der Waals surface area contributed by atoms with Crippen molar-refractivity contribution in [2.45, 2.75) is 16.2 Å². The number of ether oxygens (including phenoxy) is 2. The van der Waals surface area contributed by atoms with Crippen LogP contribution in [0.5, 0.6) is 11.5 Å². The predicted octanol–water partition coefficient (Wildman–Crippen LogP) is 3.09. The molecule has 1 aliphatic rings. The zero-order valence-corrected chi connectivity index (χ0v) is 11.9. The van der Waals surface area contributed by atoms with Gasteiger partial charge in [0.05, 0.1) is 18.8 Å². The molecule has 1 aliphatic heterocycles. The lowest BCUT2D eigenvalue weighted by Crippen LogP contribution is -1.99. The Bertz CT molecular complexity index is 674. The van der Waals surface area contributed by atoms with Gasteiger partial charge in [-0.25, -0.2) is 4.79 Å². The molecule has 0 saturated heterocycles. The van der Waals surface area contributed by atoms with Crippen LogP contribution in [-0.4, -0.2) is 29.3 Å². The maximum absolute atomic E-state index is 11.2. The standard InChI is InChI=1S/C15H13NO4S/c17-15(18)11-4-5-16-9-14(11)21-10-2-3-12-13(8-10)20-7-1-6-19-12/h2-5,8-9H,1,6-7H2,(H,17,18). The maximum atomic E-state index is 11.2. The smallest absolute Gasteiger partial charge is 0.336 e. The molecule has 0 bridgehead atoms. The van der Waals surface area contributed by atoms with Crippen molar-refractivity contribution in [1.29, 1.82) is 0 Å². The Morgan fingerprint density at radius 2 is 2.00 bits per heavy atom. The minimum atomic E-state index is -0.964. The highest BCUT2D eigenvalue weighted by Crippen LogP contribution is 2.37. The SMILES string of the molecule is O=C(O)c1ccncc1Sc1ccc2c(c1)OCCCO2. The molecule has 0 unspecified atom stereocenters. The van der Waals surface area contributed by atoms with E-state index in [1.807, 2.05) is 18.2 Å². The summed E-state index contributed by atoms with van der Waals surface area (Å²) >= 11 is 1.34. The average Bonchev–Trinajstić information content (AvgIpc) is 2.72. The summed E-state index contributed by atoms with van der Waals surface area (Å²) in [5, 5.41) is 9.19. The topological polar surface area (TPSA) is 68.7 Å². The number of carboxylic acid groups (broad SMARTS) is 1. The second kappa shape index (κ2) is 6.05. The van der Waals surface area contributed by atoms with E-state index < -0.39 is 5.97 Å². The first-order valence-corrected chi connectivity index (χ1v) is 7.30. The molecule has 1 N–H and O–H groups in total. The van der Waals surface area contributed by atoms with Crippen LogP contribution < -0.4 is 9.47 Å². The van der Waals surface area contributed by atoms with E-state index in [2.05, 4.69) is 4.98 Å².